The number of anilines is 1. The van der Waals surface area contributed by atoms with Gasteiger partial charge in [-0.05, 0) is 24.3 Å². The molecule has 0 aliphatic carbocycles. The van der Waals surface area contributed by atoms with Gasteiger partial charge in [0.15, 0.2) is 5.58 Å². The van der Waals surface area contributed by atoms with Gasteiger partial charge < -0.3 is 9.73 Å². The molecule has 0 aliphatic rings. The summed E-state index contributed by atoms with van der Waals surface area (Å²) < 4.78 is 32.6. The smallest absolute Gasteiger partial charge is 0.408 e. The van der Waals surface area contributed by atoms with E-state index in [0.29, 0.717) is 10.5 Å². The molecule has 8 heteroatoms. The second kappa shape index (κ2) is 5.85. The number of nitrogens with zero attached hydrogens (tertiary/aromatic N) is 1. The third-order valence-electron chi connectivity index (χ3n) is 3.13. The Morgan fingerprint density at radius 2 is 2.00 bits per heavy atom. The molecule has 0 radical (unpaired) electrons. The maximum absolute atomic E-state index is 13.5. The fourth-order valence-electron chi connectivity index (χ4n) is 2.12. The minimum atomic E-state index is -0.782. The van der Waals surface area contributed by atoms with Crippen LogP contribution in [0.2, 0.25) is 5.02 Å². The first-order valence-corrected chi connectivity index (χ1v) is 6.85. The average Bonchev–Trinajstić information content (AvgIpc) is 2.78. The number of amides is 1. The van der Waals surface area contributed by atoms with Crippen molar-refractivity contribution in [3.8, 4) is 0 Å². The van der Waals surface area contributed by atoms with E-state index in [-0.39, 0.29) is 11.3 Å². The van der Waals surface area contributed by atoms with Gasteiger partial charge in [0.05, 0.1) is 11.2 Å². The zero-order valence-corrected chi connectivity index (χ0v) is 12.2. The normalized spacial score (nSPS) is 10.9. The quantitative estimate of drug-likeness (QED) is 0.797. The maximum Gasteiger partial charge on any atom is 0.420 e. The molecule has 0 saturated carbocycles. The highest BCUT2D eigenvalue weighted by atomic mass is 35.5. The van der Waals surface area contributed by atoms with Crippen molar-refractivity contribution in [3.05, 3.63) is 63.6 Å². The molecule has 1 N–H and O–H groups in total. The van der Waals surface area contributed by atoms with Gasteiger partial charge in [0.1, 0.15) is 18.2 Å². The number of fused-ring (bicyclic) bond motifs is 1. The largest absolute Gasteiger partial charge is 0.420 e. The number of benzene rings is 2. The van der Waals surface area contributed by atoms with Crippen molar-refractivity contribution < 1.29 is 18.0 Å². The van der Waals surface area contributed by atoms with Gasteiger partial charge >= 0.3 is 5.76 Å². The van der Waals surface area contributed by atoms with Crippen LogP contribution in [-0.4, -0.2) is 10.5 Å². The average molecular weight is 339 g/mol. The SMILES string of the molecule is O=C(Cn1c(=O)oc2cc(Cl)ccc21)Nc1cc(F)ccc1F. The lowest BCUT2D eigenvalue weighted by atomic mass is 10.3. The summed E-state index contributed by atoms with van der Waals surface area (Å²) in [5, 5.41) is 2.59. The molecule has 1 heterocycles. The predicted octanol–water partition coefficient (Wildman–Crippen LogP) is 3.16. The van der Waals surface area contributed by atoms with Crippen LogP contribution in [0.1, 0.15) is 0 Å². The van der Waals surface area contributed by atoms with Crippen LogP contribution in [0.25, 0.3) is 11.1 Å². The lowest BCUT2D eigenvalue weighted by molar-refractivity contribution is -0.116. The summed E-state index contributed by atoms with van der Waals surface area (Å²) in [4.78, 5) is 23.8. The lowest BCUT2D eigenvalue weighted by Crippen LogP contribution is -2.25. The first-order valence-electron chi connectivity index (χ1n) is 6.48. The molecular weight excluding hydrogens is 330 g/mol. The number of aromatic nitrogens is 1. The minimum Gasteiger partial charge on any atom is -0.408 e. The second-order valence-electron chi connectivity index (χ2n) is 4.74. The van der Waals surface area contributed by atoms with Gasteiger partial charge in [0.25, 0.3) is 0 Å². The zero-order valence-electron chi connectivity index (χ0n) is 11.5. The van der Waals surface area contributed by atoms with Gasteiger partial charge in [-0.1, -0.05) is 11.6 Å². The highest BCUT2D eigenvalue weighted by Gasteiger charge is 2.14. The van der Waals surface area contributed by atoms with Crippen molar-refractivity contribution in [2.24, 2.45) is 0 Å². The number of oxazole rings is 1. The van der Waals surface area contributed by atoms with Crippen LogP contribution in [0.4, 0.5) is 14.5 Å². The molecular formula is C15H9ClF2N2O3. The number of carbonyl (C=O) groups excluding carboxylic acids is 1. The number of hydrogen-bond donors (Lipinski definition) is 1. The number of hydrogen-bond acceptors (Lipinski definition) is 3. The van der Waals surface area contributed by atoms with E-state index >= 15 is 0 Å². The van der Waals surface area contributed by atoms with Crippen molar-refractivity contribution in [1.29, 1.82) is 0 Å². The van der Waals surface area contributed by atoms with Crippen LogP contribution in [0.5, 0.6) is 0 Å². The summed E-state index contributed by atoms with van der Waals surface area (Å²) in [6.07, 6.45) is 0. The molecule has 0 atom stereocenters. The van der Waals surface area contributed by atoms with E-state index in [1.54, 1.807) is 6.07 Å². The summed E-state index contributed by atoms with van der Waals surface area (Å²) in [7, 11) is 0. The number of nitrogens with one attached hydrogen (secondary N) is 1. The molecule has 1 aromatic heterocycles. The van der Waals surface area contributed by atoms with Gasteiger partial charge in [-0.25, -0.2) is 13.6 Å². The minimum absolute atomic E-state index is 0.229. The van der Waals surface area contributed by atoms with Crippen LogP contribution >= 0.6 is 11.6 Å². The first-order chi connectivity index (χ1) is 10.9. The molecule has 2 aromatic carbocycles. The van der Waals surface area contributed by atoms with Crippen molar-refractivity contribution in [2.75, 3.05) is 5.32 Å². The molecule has 5 nitrogen and oxygen atoms in total. The summed E-state index contributed by atoms with van der Waals surface area (Å²) >= 11 is 5.80. The van der Waals surface area contributed by atoms with Crippen molar-refractivity contribution in [3.63, 3.8) is 0 Å². The molecule has 0 aliphatic heterocycles. The fraction of sp³-hybridized carbons (Fsp3) is 0.0667. The van der Waals surface area contributed by atoms with E-state index < -0.39 is 29.8 Å². The van der Waals surface area contributed by atoms with E-state index in [2.05, 4.69) is 5.32 Å². The zero-order chi connectivity index (χ0) is 16.6. The number of halogens is 3. The third-order valence-corrected chi connectivity index (χ3v) is 3.37. The van der Waals surface area contributed by atoms with E-state index in [1.165, 1.54) is 12.1 Å². The molecule has 0 fully saturated rings. The molecule has 3 aromatic rings. The molecule has 118 valence electrons. The third kappa shape index (κ3) is 3.09. The van der Waals surface area contributed by atoms with Gasteiger partial charge in [0, 0.05) is 17.2 Å². The Hall–Kier alpha value is -2.67. The van der Waals surface area contributed by atoms with Crippen LogP contribution < -0.4 is 11.1 Å². The van der Waals surface area contributed by atoms with Crippen LogP contribution in [0.3, 0.4) is 0 Å². The first kappa shape index (κ1) is 15.2. The highest BCUT2D eigenvalue weighted by Crippen LogP contribution is 2.19. The Balaban J connectivity index is 1.87. The van der Waals surface area contributed by atoms with Crippen molar-refractivity contribution in [1.82, 2.24) is 4.57 Å². The van der Waals surface area contributed by atoms with Crippen molar-refractivity contribution >= 4 is 34.3 Å². The van der Waals surface area contributed by atoms with E-state index in [1.807, 2.05) is 0 Å². The van der Waals surface area contributed by atoms with Gasteiger partial charge in [0.2, 0.25) is 5.91 Å². The summed E-state index contributed by atoms with van der Waals surface area (Å²) in [6.45, 7) is -0.413. The monoisotopic (exact) mass is 338 g/mol. The Labute approximate surface area is 133 Å². The molecule has 1 amide bonds. The number of carbonyl (C=O) groups is 1. The predicted molar refractivity (Wildman–Crippen MR) is 80.5 cm³/mol. The van der Waals surface area contributed by atoms with Gasteiger partial charge in [-0.15, -0.1) is 0 Å². The molecule has 0 spiro atoms. The second-order valence-corrected chi connectivity index (χ2v) is 5.17. The summed E-state index contributed by atoms with van der Waals surface area (Å²) in [5.41, 5.74) is 0.292. The molecule has 23 heavy (non-hydrogen) atoms. The topological polar surface area (TPSA) is 64.2 Å². The summed E-state index contributed by atoms with van der Waals surface area (Å²) in [5.74, 6) is -2.93. The Kier molecular flexibility index (Phi) is 3.87. The lowest BCUT2D eigenvalue weighted by Gasteiger charge is -2.07. The van der Waals surface area contributed by atoms with Gasteiger partial charge in [-0.2, -0.15) is 0 Å². The standard InChI is InChI=1S/C15H9ClF2N2O3/c16-8-1-4-12-13(5-8)23-15(22)20(12)7-14(21)19-11-6-9(17)2-3-10(11)18/h1-6H,7H2,(H,19,21). The summed E-state index contributed by atoms with van der Waals surface area (Å²) in [6, 6.07) is 7.19. The van der Waals surface area contributed by atoms with Crippen molar-refractivity contribution in [2.45, 2.75) is 6.54 Å². The Morgan fingerprint density at radius 3 is 2.78 bits per heavy atom. The van der Waals surface area contributed by atoms with Gasteiger partial charge in [-0.3, -0.25) is 9.36 Å². The maximum atomic E-state index is 13.5. The highest BCUT2D eigenvalue weighted by molar-refractivity contribution is 6.31. The van der Waals surface area contributed by atoms with Crippen LogP contribution in [0, 0.1) is 11.6 Å². The molecule has 3 rings (SSSR count). The van der Waals surface area contributed by atoms with E-state index in [4.69, 9.17) is 16.0 Å². The van der Waals surface area contributed by atoms with Crippen LogP contribution in [0.15, 0.2) is 45.6 Å². The fourth-order valence-corrected chi connectivity index (χ4v) is 2.28. The Morgan fingerprint density at radius 1 is 1.22 bits per heavy atom. The molecule has 0 unspecified atom stereocenters. The molecule has 0 bridgehead atoms. The van der Waals surface area contributed by atoms with Crippen LogP contribution in [-0.2, 0) is 11.3 Å². The Bertz CT molecular complexity index is 965. The van der Waals surface area contributed by atoms with E-state index in [9.17, 15) is 18.4 Å². The number of rotatable bonds is 3. The molecule has 0 saturated heterocycles. The van der Waals surface area contributed by atoms with E-state index in [0.717, 1.165) is 22.8 Å².